The van der Waals surface area contributed by atoms with Crippen molar-refractivity contribution < 1.29 is 90.3 Å². The van der Waals surface area contributed by atoms with E-state index in [9.17, 15) is 28.8 Å². The summed E-state index contributed by atoms with van der Waals surface area (Å²) in [5.74, 6) is -4.63. The van der Waals surface area contributed by atoms with E-state index < -0.39 is 134 Å². The second kappa shape index (κ2) is 24.0. The zero-order valence-corrected chi connectivity index (χ0v) is 41.9. The first-order valence-electron chi connectivity index (χ1n) is 24.7. The molecule has 4 aromatic rings. The Hall–Kier alpha value is -6.46. The third-order valence-corrected chi connectivity index (χ3v) is 13.3. The summed E-state index contributed by atoms with van der Waals surface area (Å²) in [7, 11) is 0. The smallest absolute Gasteiger partial charge is 0.303 e. The van der Waals surface area contributed by atoms with Gasteiger partial charge in [-0.3, -0.25) is 33.7 Å². The molecule has 0 saturated carbocycles. The normalized spacial score (nSPS) is 31.1. The lowest BCUT2D eigenvalue weighted by Crippen LogP contribution is -2.69. The van der Waals surface area contributed by atoms with Crippen LogP contribution in [-0.4, -0.2) is 146 Å². The van der Waals surface area contributed by atoms with Crippen molar-refractivity contribution in [2.75, 3.05) is 13.2 Å². The third-order valence-electron chi connectivity index (χ3n) is 13.3. The summed E-state index contributed by atoms with van der Waals surface area (Å²) in [6.07, 6.45) is -18.1. The largest absolute Gasteiger partial charge is 0.463 e. The number of imide groups is 1. The van der Waals surface area contributed by atoms with Crippen LogP contribution in [0.2, 0.25) is 0 Å². The van der Waals surface area contributed by atoms with Crippen LogP contribution >= 0.6 is 0 Å². The average Bonchev–Trinajstić information content (AvgIpc) is 4.02. The summed E-state index contributed by atoms with van der Waals surface area (Å²) in [4.78, 5) is 80.8. The van der Waals surface area contributed by atoms with Crippen LogP contribution in [0.3, 0.4) is 0 Å². The van der Waals surface area contributed by atoms with Crippen molar-refractivity contribution in [1.29, 1.82) is 0 Å². The predicted molar refractivity (Wildman–Crippen MR) is 256 cm³/mol. The van der Waals surface area contributed by atoms with Gasteiger partial charge in [0.2, 0.25) is 0 Å². The standard InChI is InChI=1S/C55H59NO19/c1-30-43(64-25-35-17-9-6-10-18-35)47(65-26-36-19-11-7-12-20-36)49(66-27-37-21-13-8-14-22-37)54(68-30)75-46-42(56-51(61)38-23-15-16-24-39(38)52(56)62)53-67-29-41(72-53)44(46)74-55-50(71-34(5)60)48(70-33(4)59)45(69-32(3)58)40(73-55)28-63-31(2)57/h6-24,30,40-50,53-55H,25-29H2,1-5H3/t30-,40+,41+,42+,43+,44+,45-,46+,47+,48-,49-,50+,53+,54-,55-/m0/s1. The van der Waals surface area contributed by atoms with Gasteiger partial charge in [0.05, 0.1) is 43.7 Å². The minimum absolute atomic E-state index is 0.0500. The molecule has 4 saturated heterocycles. The molecule has 0 radical (unpaired) electrons. The predicted octanol–water partition coefficient (Wildman–Crippen LogP) is 4.76. The number of hydrogen-bond donors (Lipinski definition) is 0. The van der Waals surface area contributed by atoms with Crippen LogP contribution in [0.5, 0.6) is 0 Å². The van der Waals surface area contributed by atoms with Gasteiger partial charge in [0.25, 0.3) is 11.8 Å². The van der Waals surface area contributed by atoms with Gasteiger partial charge in [-0.05, 0) is 35.7 Å². The Morgan fingerprint density at radius 1 is 0.507 bits per heavy atom. The number of nitrogens with zero attached hydrogens (tertiary/aromatic N) is 1. The molecule has 5 aliphatic heterocycles. The minimum Gasteiger partial charge on any atom is -0.463 e. The molecule has 20 heteroatoms. The van der Waals surface area contributed by atoms with E-state index in [2.05, 4.69) is 0 Å². The SMILES string of the molecule is CC(=O)OC[C@H]1O[C@@H](O[C@H]2[C@H](O[C@@H]3O[C@@H](C)[C@@H](OCc4ccccc4)[C@@H](OCc4ccccc4)[C@@H]3OCc3ccccc3)[C@@H](N3C(=O)c4ccccc4C3=O)[C@@H]3OC[C@H]2O3)[C@H](OC(C)=O)[C@@H](OC(C)=O)[C@H]1OC(C)=O. The molecule has 2 bridgehead atoms. The highest BCUT2D eigenvalue weighted by molar-refractivity contribution is 6.21. The van der Waals surface area contributed by atoms with Gasteiger partial charge in [0.1, 0.15) is 55.4 Å². The van der Waals surface area contributed by atoms with Crippen molar-refractivity contribution in [2.24, 2.45) is 0 Å². The molecular weight excluding hydrogens is 979 g/mol. The minimum atomic E-state index is -1.75. The molecular formula is C55H59NO19. The summed E-state index contributed by atoms with van der Waals surface area (Å²) in [5, 5.41) is 0. The van der Waals surface area contributed by atoms with Crippen molar-refractivity contribution in [3.63, 3.8) is 0 Å². The van der Waals surface area contributed by atoms with Gasteiger partial charge < -0.3 is 61.6 Å². The monoisotopic (exact) mass is 1040 g/mol. The van der Waals surface area contributed by atoms with E-state index in [-0.39, 0.29) is 37.6 Å². The number of esters is 4. The third kappa shape index (κ3) is 12.3. The average molecular weight is 1040 g/mol. The van der Waals surface area contributed by atoms with Gasteiger partial charge in [0.15, 0.2) is 37.2 Å². The number of ether oxygens (including phenoxy) is 13. The Kier molecular flexibility index (Phi) is 17.1. The van der Waals surface area contributed by atoms with Crippen LogP contribution in [-0.2, 0) is 101 Å². The van der Waals surface area contributed by atoms with Crippen LogP contribution in [0.4, 0.5) is 0 Å². The molecule has 0 unspecified atom stereocenters. The Morgan fingerprint density at radius 3 is 1.51 bits per heavy atom. The maximum atomic E-state index is 14.6. The molecule has 0 aromatic heterocycles. The number of hydrogen-bond acceptors (Lipinski definition) is 19. The number of benzene rings is 4. The number of amides is 2. The second-order valence-electron chi connectivity index (χ2n) is 18.7. The highest BCUT2D eigenvalue weighted by Gasteiger charge is 2.62. The fourth-order valence-electron chi connectivity index (χ4n) is 10.0. The van der Waals surface area contributed by atoms with Gasteiger partial charge in [-0.25, -0.2) is 0 Å². The van der Waals surface area contributed by atoms with Crippen LogP contribution in [0.1, 0.15) is 72.0 Å². The van der Waals surface area contributed by atoms with Crippen molar-refractivity contribution in [2.45, 2.75) is 146 Å². The Morgan fingerprint density at radius 2 is 0.973 bits per heavy atom. The van der Waals surface area contributed by atoms with Gasteiger partial charge in [0, 0.05) is 27.7 Å². The number of rotatable bonds is 19. The molecule has 5 aliphatic rings. The molecule has 0 spiro atoms. The van der Waals surface area contributed by atoms with Crippen LogP contribution < -0.4 is 0 Å². The summed E-state index contributed by atoms with van der Waals surface area (Å²) in [6.45, 7) is 5.91. The molecule has 398 valence electrons. The topological polar surface area (TPSA) is 226 Å². The molecule has 2 amide bonds. The van der Waals surface area contributed by atoms with Crippen molar-refractivity contribution in [3.05, 3.63) is 143 Å². The Bertz CT molecular complexity index is 2600. The molecule has 4 aromatic carbocycles. The van der Waals surface area contributed by atoms with Gasteiger partial charge in [-0.1, -0.05) is 103 Å². The summed E-state index contributed by atoms with van der Waals surface area (Å²) >= 11 is 0. The number of carbonyl (C=O) groups is 6. The number of carbonyl (C=O) groups excluding carboxylic acids is 6. The van der Waals surface area contributed by atoms with E-state index in [1.165, 1.54) is 12.1 Å². The molecule has 9 rings (SSSR count). The molecule has 0 N–H and O–H groups in total. The summed E-state index contributed by atoms with van der Waals surface area (Å²) < 4.78 is 83.0. The first-order chi connectivity index (χ1) is 36.2. The highest BCUT2D eigenvalue weighted by atomic mass is 16.8. The first-order valence-corrected chi connectivity index (χ1v) is 24.7. The van der Waals surface area contributed by atoms with E-state index in [1.54, 1.807) is 12.1 Å². The van der Waals surface area contributed by atoms with E-state index in [0.717, 1.165) is 49.3 Å². The van der Waals surface area contributed by atoms with Crippen molar-refractivity contribution in [3.8, 4) is 0 Å². The van der Waals surface area contributed by atoms with Gasteiger partial charge in [-0.15, -0.1) is 0 Å². The van der Waals surface area contributed by atoms with E-state index in [4.69, 9.17) is 61.6 Å². The summed E-state index contributed by atoms with van der Waals surface area (Å²) in [6, 6.07) is 33.5. The zero-order chi connectivity index (χ0) is 52.8. The zero-order valence-electron chi connectivity index (χ0n) is 41.9. The molecule has 5 heterocycles. The van der Waals surface area contributed by atoms with Gasteiger partial charge >= 0.3 is 23.9 Å². The molecule has 75 heavy (non-hydrogen) atoms. The maximum Gasteiger partial charge on any atom is 0.303 e. The first kappa shape index (κ1) is 53.4. The quantitative estimate of drug-likeness (QED) is 0.0701. The maximum absolute atomic E-state index is 14.6. The van der Waals surface area contributed by atoms with E-state index in [1.807, 2.05) is 97.9 Å². The Labute approximate surface area is 432 Å². The Balaban J connectivity index is 1.14. The molecule has 0 aliphatic carbocycles. The molecule has 4 fully saturated rings. The van der Waals surface area contributed by atoms with Gasteiger partial charge in [-0.2, -0.15) is 0 Å². The fraction of sp³-hybridized carbons (Fsp3) is 0.455. The fourth-order valence-corrected chi connectivity index (χ4v) is 10.0. The van der Waals surface area contributed by atoms with Crippen molar-refractivity contribution in [1.82, 2.24) is 4.90 Å². The van der Waals surface area contributed by atoms with E-state index >= 15 is 0 Å². The van der Waals surface area contributed by atoms with E-state index in [0.29, 0.717) is 0 Å². The molecule has 15 atom stereocenters. The van der Waals surface area contributed by atoms with Crippen LogP contribution in [0.15, 0.2) is 115 Å². The van der Waals surface area contributed by atoms with Crippen LogP contribution in [0, 0.1) is 0 Å². The summed E-state index contributed by atoms with van der Waals surface area (Å²) in [5.41, 5.74) is 2.82. The number of fused-ring (bicyclic) bond motifs is 3. The second-order valence-corrected chi connectivity index (χ2v) is 18.7. The lowest BCUT2D eigenvalue weighted by Gasteiger charge is -2.50. The lowest BCUT2D eigenvalue weighted by atomic mass is 9.94. The highest BCUT2D eigenvalue weighted by Crippen LogP contribution is 2.43. The van der Waals surface area contributed by atoms with Crippen LogP contribution in [0.25, 0.3) is 0 Å². The molecule has 20 nitrogen and oxygen atoms in total. The lowest BCUT2D eigenvalue weighted by molar-refractivity contribution is -0.367. The van der Waals surface area contributed by atoms with Crippen molar-refractivity contribution >= 4 is 35.7 Å².